The van der Waals surface area contributed by atoms with Gasteiger partial charge in [-0.15, -0.1) is 0 Å². The van der Waals surface area contributed by atoms with E-state index in [2.05, 4.69) is 22.1 Å². The normalized spacial score (nSPS) is 11.7. The second-order valence-corrected chi connectivity index (χ2v) is 8.28. The molecule has 0 bridgehead atoms. The molecule has 0 amide bonds. The number of imidazole rings is 1. The summed E-state index contributed by atoms with van der Waals surface area (Å²) in [5.74, 6) is 0.806. The summed E-state index contributed by atoms with van der Waals surface area (Å²) in [5.41, 5.74) is 7.92. The SMILES string of the molecule is Clc1ccc(-c2[nH]c3ccccc3c2C=Nc2ccccc2-c2nc3ccccc3[nH]2)cc1. The molecule has 6 rings (SSSR count). The first-order valence-electron chi connectivity index (χ1n) is 10.7. The van der Waals surface area contributed by atoms with Crippen LogP contribution in [-0.4, -0.2) is 21.2 Å². The molecular weight excluding hydrogens is 428 g/mol. The number of fused-ring (bicyclic) bond motifs is 2. The highest BCUT2D eigenvalue weighted by molar-refractivity contribution is 6.30. The molecule has 2 heterocycles. The number of H-pyrrole nitrogens is 2. The van der Waals surface area contributed by atoms with Crippen LogP contribution in [0.5, 0.6) is 0 Å². The summed E-state index contributed by atoms with van der Waals surface area (Å²) >= 11 is 6.12. The van der Waals surface area contributed by atoms with Crippen molar-refractivity contribution in [2.45, 2.75) is 0 Å². The van der Waals surface area contributed by atoms with Crippen molar-refractivity contribution in [3.05, 3.63) is 108 Å². The van der Waals surface area contributed by atoms with Gasteiger partial charge in [0.15, 0.2) is 0 Å². The van der Waals surface area contributed by atoms with Crippen molar-refractivity contribution in [1.82, 2.24) is 15.0 Å². The number of nitrogens with one attached hydrogen (secondary N) is 2. The fourth-order valence-corrected chi connectivity index (χ4v) is 4.27. The van der Waals surface area contributed by atoms with Crippen LogP contribution < -0.4 is 0 Å². The van der Waals surface area contributed by atoms with E-state index in [-0.39, 0.29) is 0 Å². The van der Waals surface area contributed by atoms with Gasteiger partial charge in [-0.1, -0.05) is 66.2 Å². The van der Waals surface area contributed by atoms with Crippen molar-refractivity contribution >= 4 is 45.4 Å². The largest absolute Gasteiger partial charge is 0.354 e. The van der Waals surface area contributed by atoms with E-state index in [4.69, 9.17) is 21.6 Å². The third-order valence-electron chi connectivity index (χ3n) is 5.76. The highest BCUT2D eigenvalue weighted by Crippen LogP contribution is 2.33. The van der Waals surface area contributed by atoms with Gasteiger partial charge in [0.2, 0.25) is 0 Å². The number of aromatic amines is 2. The number of benzene rings is 4. The monoisotopic (exact) mass is 446 g/mol. The third kappa shape index (κ3) is 3.60. The van der Waals surface area contributed by atoms with Crippen molar-refractivity contribution in [2.75, 3.05) is 0 Å². The molecule has 6 aromatic rings. The molecule has 2 N–H and O–H groups in total. The second-order valence-electron chi connectivity index (χ2n) is 7.84. The quantitative estimate of drug-likeness (QED) is 0.267. The lowest BCUT2D eigenvalue weighted by molar-refractivity contribution is 1.33. The first-order chi connectivity index (χ1) is 16.3. The van der Waals surface area contributed by atoms with Crippen LogP contribution in [0.2, 0.25) is 5.02 Å². The first-order valence-corrected chi connectivity index (χ1v) is 11.1. The van der Waals surface area contributed by atoms with E-state index in [1.807, 2.05) is 91.1 Å². The third-order valence-corrected chi connectivity index (χ3v) is 6.01. The first kappa shape index (κ1) is 19.5. The molecule has 0 spiro atoms. The second kappa shape index (κ2) is 8.08. The van der Waals surface area contributed by atoms with E-state index < -0.39 is 0 Å². The molecule has 0 saturated heterocycles. The molecule has 0 radical (unpaired) electrons. The Morgan fingerprint density at radius 1 is 0.727 bits per heavy atom. The van der Waals surface area contributed by atoms with Crippen molar-refractivity contribution in [3.8, 4) is 22.6 Å². The summed E-state index contributed by atoms with van der Waals surface area (Å²) < 4.78 is 0. The Labute approximate surface area is 195 Å². The van der Waals surface area contributed by atoms with E-state index in [1.165, 1.54) is 0 Å². The van der Waals surface area contributed by atoms with Gasteiger partial charge in [0.1, 0.15) is 5.82 Å². The molecule has 158 valence electrons. The summed E-state index contributed by atoms with van der Waals surface area (Å²) in [6.07, 6.45) is 1.93. The molecule has 33 heavy (non-hydrogen) atoms. The van der Waals surface area contributed by atoms with E-state index >= 15 is 0 Å². The minimum Gasteiger partial charge on any atom is -0.354 e. The van der Waals surface area contributed by atoms with Gasteiger partial charge >= 0.3 is 0 Å². The van der Waals surface area contributed by atoms with Crippen LogP contribution in [0.1, 0.15) is 5.56 Å². The van der Waals surface area contributed by atoms with E-state index in [0.29, 0.717) is 5.02 Å². The molecule has 0 aliphatic rings. The van der Waals surface area contributed by atoms with Gasteiger partial charge < -0.3 is 9.97 Å². The Morgan fingerprint density at radius 2 is 1.45 bits per heavy atom. The van der Waals surface area contributed by atoms with Gasteiger partial charge in [-0.05, 0) is 48.0 Å². The van der Waals surface area contributed by atoms with Crippen molar-refractivity contribution in [3.63, 3.8) is 0 Å². The lowest BCUT2D eigenvalue weighted by Gasteiger charge is -2.04. The number of aromatic nitrogens is 3. The Balaban J connectivity index is 1.47. The standard InChI is InChI=1S/C28H19ClN4/c29-19-15-13-18(14-16-19)27-22(20-7-1-4-10-24(20)31-27)17-30-23-9-3-2-8-21(23)28-32-25-11-5-6-12-26(25)33-28/h1-17,31H,(H,32,33). The fourth-order valence-electron chi connectivity index (χ4n) is 4.14. The Morgan fingerprint density at radius 3 is 2.30 bits per heavy atom. The molecule has 0 atom stereocenters. The molecule has 4 aromatic carbocycles. The van der Waals surface area contributed by atoms with Gasteiger partial charge in [-0.2, -0.15) is 0 Å². The van der Waals surface area contributed by atoms with Crippen LogP contribution in [0.3, 0.4) is 0 Å². The fraction of sp³-hybridized carbons (Fsp3) is 0. The van der Waals surface area contributed by atoms with Crippen LogP contribution in [0.4, 0.5) is 5.69 Å². The van der Waals surface area contributed by atoms with Gasteiger partial charge in [-0.25, -0.2) is 4.98 Å². The zero-order chi connectivity index (χ0) is 22.2. The molecule has 0 aliphatic heterocycles. The maximum absolute atomic E-state index is 6.12. The molecule has 2 aromatic heterocycles. The summed E-state index contributed by atoms with van der Waals surface area (Å²) in [6.45, 7) is 0. The Kier molecular flexibility index (Phi) is 4.78. The summed E-state index contributed by atoms with van der Waals surface area (Å²) in [7, 11) is 0. The van der Waals surface area contributed by atoms with Crippen molar-refractivity contribution in [2.24, 2.45) is 4.99 Å². The molecular formula is C28H19ClN4. The topological polar surface area (TPSA) is 56.8 Å². The molecule has 0 saturated carbocycles. The highest BCUT2D eigenvalue weighted by Gasteiger charge is 2.13. The predicted octanol–water partition coefficient (Wildman–Crippen LogP) is 7.78. The van der Waals surface area contributed by atoms with E-state index in [1.54, 1.807) is 0 Å². The van der Waals surface area contributed by atoms with Crippen LogP contribution in [0.15, 0.2) is 102 Å². The Bertz CT molecular complexity index is 1590. The minimum atomic E-state index is 0.713. The number of nitrogens with zero attached hydrogens (tertiary/aromatic N) is 2. The molecule has 0 unspecified atom stereocenters. The number of halogens is 1. The zero-order valence-electron chi connectivity index (χ0n) is 17.6. The van der Waals surface area contributed by atoms with Gasteiger partial charge in [0, 0.05) is 33.3 Å². The predicted molar refractivity (Wildman–Crippen MR) is 138 cm³/mol. The van der Waals surface area contributed by atoms with Crippen LogP contribution in [-0.2, 0) is 0 Å². The average molecular weight is 447 g/mol. The minimum absolute atomic E-state index is 0.713. The maximum atomic E-state index is 6.12. The van der Waals surface area contributed by atoms with Crippen molar-refractivity contribution in [1.29, 1.82) is 0 Å². The van der Waals surface area contributed by atoms with Gasteiger partial charge in [-0.3, -0.25) is 4.99 Å². The number of hydrogen-bond acceptors (Lipinski definition) is 2. The maximum Gasteiger partial charge on any atom is 0.140 e. The number of para-hydroxylation sites is 4. The van der Waals surface area contributed by atoms with Gasteiger partial charge in [0.25, 0.3) is 0 Å². The lowest BCUT2D eigenvalue weighted by atomic mass is 10.1. The smallest absolute Gasteiger partial charge is 0.140 e. The Hall–Kier alpha value is -4.15. The van der Waals surface area contributed by atoms with Crippen LogP contribution >= 0.6 is 11.6 Å². The summed E-state index contributed by atoms with van der Waals surface area (Å²) in [4.78, 5) is 16.6. The number of rotatable bonds is 4. The van der Waals surface area contributed by atoms with Crippen molar-refractivity contribution < 1.29 is 0 Å². The lowest BCUT2D eigenvalue weighted by Crippen LogP contribution is -1.87. The molecule has 4 nitrogen and oxygen atoms in total. The molecule has 5 heteroatoms. The van der Waals surface area contributed by atoms with E-state index in [9.17, 15) is 0 Å². The molecule has 0 fully saturated rings. The van der Waals surface area contributed by atoms with Gasteiger partial charge in [0.05, 0.1) is 22.4 Å². The van der Waals surface area contributed by atoms with E-state index in [0.717, 1.165) is 55.8 Å². The zero-order valence-corrected chi connectivity index (χ0v) is 18.3. The highest BCUT2D eigenvalue weighted by atomic mass is 35.5. The summed E-state index contributed by atoms with van der Waals surface area (Å²) in [6, 6.07) is 32.2. The number of hydrogen-bond donors (Lipinski definition) is 2. The van der Waals surface area contributed by atoms with Crippen LogP contribution in [0, 0.1) is 0 Å². The average Bonchev–Trinajstić information content (AvgIpc) is 3.45. The molecule has 0 aliphatic carbocycles. The number of aliphatic imine (C=N–C) groups is 1. The van der Waals surface area contributed by atoms with Crippen LogP contribution in [0.25, 0.3) is 44.6 Å². The summed E-state index contributed by atoms with van der Waals surface area (Å²) in [5, 5.41) is 1.83.